The number of piperidine rings is 1. The van der Waals surface area contributed by atoms with E-state index < -0.39 is 0 Å². The lowest BCUT2D eigenvalue weighted by molar-refractivity contribution is -0.120. The van der Waals surface area contributed by atoms with Crippen LogP contribution in [0.3, 0.4) is 0 Å². The maximum Gasteiger partial charge on any atom is 0.227 e. The highest BCUT2D eigenvalue weighted by atomic mass is 16.5. The largest absolute Gasteiger partial charge is 0.493 e. The molecule has 1 N–H and O–H groups in total. The number of aryl methyl sites for hydroxylation is 1. The summed E-state index contributed by atoms with van der Waals surface area (Å²) in [4.78, 5) is 23.5. The lowest BCUT2D eigenvalue weighted by atomic mass is 9.96. The third kappa shape index (κ3) is 4.04. The summed E-state index contributed by atoms with van der Waals surface area (Å²) in [6.07, 6.45) is 3.32. The van der Waals surface area contributed by atoms with Crippen molar-refractivity contribution in [3.8, 4) is 11.5 Å². The quantitative estimate of drug-likeness (QED) is 0.888. The molecule has 1 aliphatic heterocycles. The number of benzene rings is 1. The number of anilines is 2. The van der Waals surface area contributed by atoms with Crippen LogP contribution in [0.5, 0.6) is 11.5 Å². The molecule has 1 aliphatic rings. The van der Waals surface area contributed by atoms with Gasteiger partial charge >= 0.3 is 0 Å². The van der Waals surface area contributed by atoms with E-state index in [0.717, 1.165) is 37.6 Å². The highest BCUT2D eigenvalue weighted by Crippen LogP contribution is 2.30. The summed E-state index contributed by atoms with van der Waals surface area (Å²) < 4.78 is 10.5. The van der Waals surface area contributed by atoms with Gasteiger partial charge in [0.05, 0.1) is 14.2 Å². The SMILES string of the molecule is COc1ccc(NC(=O)C2CCN(c3nccc(C)n3)CC2)cc1OC. The van der Waals surface area contributed by atoms with Crippen LogP contribution in [0.1, 0.15) is 18.5 Å². The maximum atomic E-state index is 12.6. The molecule has 7 heteroatoms. The Morgan fingerprint density at radius 3 is 2.54 bits per heavy atom. The Labute approximate surface area is 153 Å². The van der Waals surface area contributed by atoms with Crippen molar-refractivity contribution in [2.45, 2.75) is 19.8 Å². The number of methoxy groups -OCH3 is 2. The van der Waals surface area contributed by atoms with Gasteiger partial charge in [-0.15, -0.1) is 0 Å². The summed E-state index contributed by atoms with van der Waals surface area (Å²) in [5.41, 5.74) is 1.65. The average molecular weight is 356 g/mol. The number of hydrogen-bond donors (Lipinski definition) is 1. The molecule has 0 aliphatic carbocycles. The molecule has 0 atom stereocenters. The molecule has 26 heavy (non-hydrogen) atoms. The van der Waals surface area contributed by atoms with Gasteiger partial charge in [0, 0.05) is 42.7 Å². The topological polar surface area (TPSA) is 76.6 Å². The smallest absolute Gasteiger partial charge is 0.227 e. The minimum Gasteiger partial charge on any atom is -0.493 e. The molecule has 0 radical (unpaired) electrons. The van der Waals surface area contributed by atoms with E-state index in [4.69, 9.17) is 9.47 Å². The minimum absolute atomic E-state index is 0.0239. The van der Waals surface area contributed by atoms with Crippen LogP contribution in [0.4, 0.5) is 11.6 Å². The van der Waals surface area contributed by atoms with E-state index in [2.05, 4.69) is 20.2 Å². The van der Waals surface area contributed by atoms with Gasteiger partial charge in [-0.25, -0.2) is 9.97 Å². The first kappa shape index (κ1) is 18.0. The van der Waals surface area contributed by atoms with E-state index in [1.165, 1.54) is 0 Å². The molecule has 1 saturated heterocycles. The monoisotopic (exact) mass is 356 g/mol. The van der Waals surface area contributed by atoms with Gasteiger partial charge in [-0.3, -0.25) is 4.79 Å². The van der Waals surface area contributed by atoms with Crippen molar-refractivity contribution in [2.24, 2.45) is 5.92 Å². The van der Waals surface area contributed by atoms with Gasteiger partial charge in [0.2, 0.25) is 11.9 Å². The molecule has 1 amide bonds. The van der Waals surface area contributed by atoms with Gasteiger partial charge in [-0.2, -0.15) is 0 Å². The Kier molecular flexibility index (Phi) is 5.55. The highest BCUT2D eigenvalue weighted by Gasteiger charge is 2.26. The first-order valence-corrected chi connectivity index (χ1v) is 8.68. The summed E-state index contributed by atoms with van der Waals surface area (Å²) in [5, 5.41) is 2.98. The predicted molar refractivity (Wildman–Crippen MR) is 99.9 cm³/mol. The molecule has 1 aromatic carbocycles. The van der Waals surface area contributed by atoms with Crippen molar-refractivity contribution in [3.63, 3.8) is 0 Å². The number of rotatable bonds is 5. The molecule has 0 saturated carbocycles. The zero-order valence-electron chi connectivity index (χ0n) is 15.4. The van der Waals surface area contributed by atoms with E-state index in [9.17, 15) is 4.79 Å². The maximum absolute atomic E-state index is 12.6. The standard InChI is InChI=1S/C19H24N4O3/c1-13-6-9-20-19(21-13)23-10-7-14(8-11-23)18(24)22-15-4-5-16(25-2)17(12-15)26-3/h4-6,9,12,14H,7-8,10-11H2,1-3H3,(H,22,24). The molecule has 1 aromatic heterocycles. The Morgan fingerprint density at radius 1 is 1.15 bits per heavy atom. The van der Waals surface area contributed by atoms with Crippen LogP contribution in [-0.4, -0.2) is 43.2 Å². The molecule has 2 aromatic rings. The molecule has 2 heterocycles. The van der Waals surface area contributed by atoms with Crippen molar-refractivity contribution in [1.29, 1.82) is 0 Å². The van der Waals surface area contributed by atoms with Crippen molar-refractivity contribution in [3.05, 3.63) is 36.2 Å². The summed E-state index contributed by atoms with van der Waals surface area (Å²) in [7, 11) is 3.16. The Morgan fingerprint density at radius 2 is 1.88 bits per heavy atom. The minimum atomic E-state index is -0.0239. The lowest BCUT2D eigenvalue weighted by Crippen LogP contribution is -2.39. The molecule has 138 valence electrons. The molecule has 1 fully saturated rings. The lowest BCUT2D eigenvalue weighted by Gasteiger charge is -2.31. The summed E-state index contributed by atoms with van der Waals surface area (Å²) in [6, 6.07) is 7.25. The zero-order valence-corrected chi connectivity index (χ0v) is 15.4. The number of hydrogen-bond acceptors (Lipinski definition) is 6. The number of nitrogens with one attached hydrogen (secondary N) is 1. The number of ether oxygens (including phenoxy) is 2. The van der Waals surface area contributed by atoms with Gasteiger partial charge in [0.15, 0.2) is 11.5 Å². The second kappa shape index (κ2) is 8.03. The third-order valence-electron chi connectivity index (χ3n) is 4.58. The van der Waals surface area contributed by atoms with Crippen molar-refractivity contribution in [1.82, 2.24) is 9.97 Å². The van der Waals surface area contributed by atoms with Gasteiger partial charge in [-0.05, 0) is 38.0 Å². The van der Waals surface area contributed by atoms with E-state index in [1.54, 1.807) is 32.5 Å². The molecule has 0 spiro atoms. The fourth-order valence-electron chi connectivity index (χ4n) is 3.09. The zero-order chi connectivity index (χ0) is 18.5. The number of carbonyl (C=O) groups is 1. The van der Waals surface area contributed by atoms with Gasteiger partial charge < -0.3 is 19.7 Å². The number of aromatic nitrogens is 2. The summed E-state index contributed by atoms with van der Waals surface area (Å²) in [6.45, 7) is 3.50. The molecular weight excluding hydrogens is 332 g/mol. The normalized spacial score (nSPS) is 14.8. The fraction of sp³-hybridized carbons (Fsp3) is 0.421. The number of amides is 1. The summed E-state index contributed by atoms with van der Waals surface area (Å²) >= 11 is 0. The number of carbonyl (C=O) groups excluding carboxylic acids is 1. The molecular formula is C19H24N4O3. The van der Waals surface area contributed by atoms with Crippen LogP contribution in [0, 0.1) is 12.8 Å². The first-order chi connectivity index (χ1) is 12.6. The van der Waals surface area contributed by atoms with Crippen LogP contribution in [0.15, 0.2) is 30.5 Å². The first-order valence-electron chi connectivity index (χ1n) is 8.68. The van der Waals surface area contributed by atoms with Crippen LogP contribution < -0.4 is 19.7 Å². The van der Waals surface area contributed by atoms with Crippen LogP contribution in [0.2, 0.25) is 0 Å². The van der Waals surface area contributed by atoms with Crippen molar-refractivity contribution in [2.75, 3.05) is 37.5 Å². The van der Waals surface area contributed by atoms with E-state index in [0.29, 0.717) is 17.2 Å². The van der Waals surface area contributed by atoms with E-state index in [1.807, 2.05) is 19.1 Å². The summed E-state index contributed by atoms with van der Waals surface area (Å²) in [5.74, 6) is 1.98. The van der Waals surface area contributed by atoms with E-state index in [-0.39, 0.29) is 11.8 Å². The predicted octanol–water partition coefficient (Wildman–Crippen LogP) is 2.66. The van der Waals surface area contributed by atoms with Crippen molar-refractivity contribution >= 4 is 17.5 Å². The average Bonchev–Trinajstić information content (AvgIpc) is 2.68. The molecule has 0 unspecified atom stereocenters. The Balaban J connectivity index is 1.58. The Hall–Kier alpha value is -2.83. The van der Waals surface area contributed by atoms with E-state index >= 15 is 0 Å². The fourth-order valence-corrected chi connectivity index (χ4v) is 3.09. The molecule has 0 bridgehead atoms. The van der Waals surface area contributed by atoms with Gasteiger partial charge in [0.25, 0.3) is 0 Å². The van der Waals surface area contributed by atoms with Gasteiger partial charge in [0.1, 0.15) is 0 Å². The number of nitrogens with zero attached hydrogens (tertiary/aromatic N) is 3. The van der Waals surface area contributed by atoms with Crippen LogP contribution in [0.25, 0.3) is 0 Å². The second-order valence-corrected chi connectivity index (χ2v) is 6.32. The van der Waals surface area contributed by atoms with Crippen molar-refractivity contribution < 1.29 is 14.3 Å². The van der Waals surface area contributed by atoms with Gasteiger partial charge in [-0.1, -0.05) is 0 Å². The highest BCUT2D eigenvalue weighted by molar-refractivity contribution is 5.93. The van der Waals surface area contributed by atoms with Crippen LogP contribution in [-0.2, 0) is 4.79 Å². The van der Waals surface area contributed by atoms with Crippen LogP contribution >= 0.6 is 0 Å². The Bertz CT molecular complexity index is 773. The molecule has 7 nitrogen and oxygen atoms in total. The molecule has 3 rings (SSSR count). The third-order valence-corrected chi connectivity index (χ3v) is 4.58. The second-order valence-electron chi connectivity index (χ2n) is 6.32.